The van der Waals surface area contributed by atoms with Gasteiger partial charge >= 0.3 is 0 Å². The highest BCUT2D eigenvalue weighted by atomic mass is 16.5. The molecule has 0 spiro atoms. The normalized spacial score (nSPS) is 29.9. The van der Waals surface area contributed by atoms with E-state index >= 15 is 0 Å². The third kappa shape index (κ3) is 2.57. The third-order valence-electron chi connectivity index (χ3n) is 4.66. The lowest BCUT2D eigenvalue weighted by Gasteiger charge is -2.54. The molecule has 1 aromatic carbocycles. The third-order valence-corrected chi connectivity index (χ3v) is 4.66. The van der Waals surface area contributed by atoms with Gasteiger partial charge in [0.1, 0.15) is 5.75 Å². The summed E-state index contributed by atoms with van der Waals surface area (Å²) in [4.78, 5) is 0. The molecule has 0 bridgehead atoms. The summed E-state index contributed by atoms with van der Waals surface area (Å²) in [6, 6.07) is 6.19. The topological polar surface area (TPSA) is 41.5 Å². The van der Waals surface area contributed by atoms with Gasteiger partial charge in [0, 0.05) is 29.8 Å². The van der Waals surface area contributed by atoms with Crippen LogP contribution in [-0.4, -0.2) is 23.9 Å². The van der Waals surface area contributed by atoms with Crippen LogP contribution in [0.1, 0.15) is 39.2 Å². The quantitative estimate of drug-likeness (QED) is 0.851. The predicted octanol–water partition coefficient (Wildman–Crippen LogP) is 3.71. The maximum Gasteiger partial charge on any atom is 0.120 e. The lowest BCUT2D eigenvalue weighted by Crippen LogP contribution is -2.59. The van der Waals surface area contributed by atoms with Crippen LogP contribution >= 0.6 is 0 Å². The van der Waals surface area contributed by atoms with Crippen molar-refractivity contribution in [2.45, 2.75) is 52.7 Å². The number of phenols is 1. The number of aryl methyl sites for hydroxylation is 1. The number of ether oxygens (including phenoxy) is 1. The van der Waals surface area contributed by atoms with Gasteiger partial charge < -0.3 is 15.2 Å². The first kappa shape index (κ1) is 14.2. The van der Waals surface area contributed by atoms with E-state index in [1.54, 1.807) is 6.07 Å². The number of anilines is 1. The first-order valence-electron chi connectivity index (χ1n) is 7.19. The van der Waals surface area contributed by atoms with Crippen LogP contribution < -0.4 is 5.32 Å². The van der Waals surface area contributed by atoms with Gasteiger partial charge in [0.25, 0.3) is 0 Å². The second-order valence-corrected chi connectivity index (χ2v) is 5.74. The monoisotopic (exact) mass is 263 g/mol. The van der Waals surface area contributed by atoms with Gasteiger partial charge in [-0.3, -0.25) is 0 Å². The Balaban J connectivity index is 2.05. The summed E-state index contributed by atoms with van der Waals surface area (Å²) in [5, 5.41) is 13.3. The Morgan fingerprint density at radius 3 is 2.74 bits per heavy atom. The van der Waals surface area contributed by atoms with Gasteiger partial charge in [0.05, 0.1) is 6.10 Å². The van der Waals surface area contributed by atoms with Crippen molar-refractivity contribution in [1.82, 2.24) is 0 Å². The van der Waals surface area contributed by atoms with E-state index in [2.05, 4.69) is 26.1 Å². The van der Waals surface area contributed by atoms with Crippen molar-refractivity contribution in [2.75, 3.05) is 11.9 Å². The second kappa shape index (κ2) is 5.41. The maximum absolute atomic E-state index is 9.76. The Morgan fingerprint density at radius 1 is 1.42 bits per heavy atom. The van der Waals surface area contributed by atoms with Crippen LogP contribution in [0, 0.1) is 12.3 Å². The molecule has 3 unspecified atom stereocenters. The molecule has 0 saturated heterocycles. The van der Waals surface area contributed by atoms with Gasteiger partial charge in [-0.1, -0.05) is 19.9 Å². The van der Waals surface area contributed by atoms with Crippen molar-refractivity contribution >= 4 is 5.69 Å². The number of benzene rings is 1. The van der Waals surface area contributed by atoms with Gasteiger partial charge in [-0.05, 0) is 38.3 Å². The zero-order valence-electron chi connectivity index (χ0n) is 12.4. The number of hydrogen-bond acceptors (Lipinski definition) is 3. The molecule has 0 radical (unpaired) electrons. The van der Waals surface area contributed by atoms with Crippen LogP contribution in [0.25, 0.3) is 0 Å². The molecule has 3 atom stereocenters. The molecule has 1 fully saturated rings. The average Bonchev–Trinajstić information content (AvgIpc) is 2.40. The van der Waals surface area contributed by atoms with E-state index < -0.39 is 0 Å². The molecule has 0 aliphatic heterocycles. The van der Waals surface area contributed by atoms with Crippen molar-refractivity contribution in [3.8, 4) is 5.75 Å². The second-order valence-electron chi connectivity index (χ2n) is 5.74. The highest BCUT2D eigenvalue weighted by Crippen LogP contribution is 2.47. The van der Waals surface area contributed by atoms with Gasteiger partial charge in [0.2, 0.25) is 0 Å². The molecule has 19 heavy (non-hydrogen) atoms. The fourth-order valence-electron chi connectivity index (χ4n) is 2.87. The largest absolute Gasteiger partial charge is 0.508 e. The van der Waals surface area contributed by atoms with E-state index in [4.69, 9.17) is 4.74 Å². The zero-order chi connectivity index (χ0) is 14.0. The zero-order valence-corrected chi connectivity index (χ0v) is 12.4. The molecule has 1 aliphatic rings. The van der Waals surface area contributed by atoms with Crippen LogP contribution in [0.15, 0.2) is 18.2 Å². The van der Waals surface area contributed by atoms with Crippen molar-refractivity contribution in [3.63, 3.8) is 0 Å². The van der Waals surface area contributed by atoms with E-state index in [9.17, 15) is 5.11 Å². The minimum absolute atomic E-state index is 0.177. The number of rotatable bonds is 5. The molecule has 0 amide bonds. The summed E-state index contributed by atoms with van der Waals surface area (Å²) < 4.78 is 5.81. The summed E-state index contributed by atoms with van der Waals surface area (Å²) in [6.45, 7) is 9.23. The molecular weight excluding hydrogens is 238 g/mol. The first-order chi connectivity index (χ1) is 9.01. The van der Waals surface area contributed by atoms with E-state index in [1.807, 2.05) is 19.1 Å². The van der Waals surface area contributed by atoms with E-state index in [0.29, 0.717) is 17.9 Å². The molecule has 2 rings (SSSR count). The molecule has 3 nitrogen and oxygen atoms in total. The minimum Gasteiger partial charge on any atom is -0.508 e. The highest BCUT2D eigenvalue weighted by Gasteiger charge is 2.51. The number of aromatic hydroxyl groups is 1. The SMILES string of the molecule is CCOC1CC(Nc2ccc(C)c(O)c2)C1(C)CC. The van der Waals surface area contributed by atoms with Gasteiger partial charge in [-0.2, -0.15) is 0 Å². The van der Waals surface area contributed by atoms with Crippen molar-refractivity contribution in [1.29, 1.82) is 0 Å². The number of nitrogens with one attached hydrogen (secondary N) is 1. The Bertz CT molecular complexity index is 446. The molecular formula is C16H25NO2. The summed E-state index contributed by atoms with van der Waals surface area (Å²) in [5.41, 5.74) is 2.07. The van der Waals surface area contributed by atoms with Crippen LogP contribution in [0.5, 0.6) is 5.75 Å². The number of phenolic OH excluding ortho intramolecular Hbond substituents is 1. The van der Waals surface area contributed by atoms with Gasteiger partial charge in [-0.15, -0.1) is 0 Å². The fourth-order valence-corrected chi connectivity index (χ4v) is 2.87. The fraction of sp³-hybridized carbons (Fsp3) is 0.625. The first-order valence-corrected chi connectivity index (χ1v) is 7.19. The summed E-state index contributed by atoms with van der Waals surface area (Å²) >= 11 is 0. The van der Waals surface area contributed by atoms with Crippen LogP contribution in [-0.2, 0) is 4.74 Å². The lowest BCUT2D eigenvalue weighted by atomic mass is 9.61. The summed E-state index contributed by atoms with van der Waals surface area (Å²) in [7, 11) is 0. The average molecular weight is 263 g/mol. The number of hydrogen-bond donors (Lipinski definition) is 2. The molecule has 0 heterocycles. The highest BCUT2D eigenvalue weighted by molar-refractivity contribution is 5.52. The summed E-state index contributed by atoms with van der Waals surface area (Å²) in [6.07, 6.45) is 2.47. The Hall–Kier alpha value is -1.22. The molecule has 1 aromatic rings. The molecule has 0 aromatic heterocycles. The molecule has 1 aliphatic carbocycles. The van der Waals surface area contributed by atoms with Crippen molar-refractivity contribution < 1.29 is 9.84 Å². The predicted molar refractivity (Wildman–Crippen MR) is 78.7 cm³/mol. The molecule has 1 saturated carbocycles. The van der Waals surface area contributed by atoms with Crippen molar-refractivity contribution in [2.24, 2.45) is 5.41 Å². The standard InChI is InChI=1S/C16H25NO2/c1-5-16(4)14(10-15(16)19-6-2)17-12-8-7-11(3)13(18)9-12/h7-9,14-15,17-18H,5-6,10H2,1-4H3. The van der Waals surface area contributed by atoms with E-state index in [-0.39, 0.29) is 5.41 Å². The van der Waals surface area contributed by atoms with E-state index in [1.165, 1.54) is 0 Å². The van der Waals surface area contributed by atoms with Crippen LogP contribution in [0.4, 0.5) is 5.69 Å². The smallest absolute Gasteiger partial charge is 0.120 e. The summed E-state index contributed by atoms with van der Waals surface area (Å²) in [5.74, 6) is 0.351. The lowest BCUT2D eigenvalue weighted by molar-refractivity contribution is -0.109. The Kier molecular flexibility index (Phi) is 4.04. The minimum atomic E-state index is 0.177. The van der Waals surface area contributed by atoms with Gasteiger partial charge in [-0.25, -0.2) is 0 Å². The van der Waals surface area contributed by atoms with E-state index in [0.717, 1.165) is 30.7 Å². The Labute approximate surface area is 116 Å². The molecule has 3 heteroatoms. The Morgan fingerprint density at radius 2 is 2.16 bits per heavy atom. The van der Waals surface area contributed by atoms with Crippen LogP contribution in [0.2, 0.25) is 0 Å². The van der Waals surface area contributed by atoms with Crippen molar-refractivity contribution in [3.05, 3.63) is 23.8 Å². The molecule has 2 N–H and O–H groups in total. The molecule has 106 valence electrons. The maximum atomic E-state index is 9.76. The van der Waals surface area contributed by atoms with Crippen LogP contribution in [0.3, 0.4) is 0 Å². The van der Waals surface area contributed by atoms with Gasteiger partial charge in [0.15, 0.2) is 0 Å².